The van der Waals surface area contributed by atoms with Crippen molar-refractivity contribution >= 4 is 11.8 Å². The van der Waals surface area contributed by atoms with E-state index < -0.39 is 17.7 Å². The molecule has 28 heavy (non-hydrogen) atoms. The molecule has 6 heteroatoms. The fraction of sp³-hybridized carbons (Fsp3) is 0.364. The van der Waals surface area contributed by atoms with Crippen LogP contribution in [-0.4, -0.2) is 30.3 Å². The third kappa shape index (κ3) is 5.15. The highest BCUT2D eigenvalue weighted by molar-refractivity contribution is 5.96. The number of hydrogen-bond donors (Lipinski definition) is 1. The third-order valence-electron chi connectivity index (χ3n) is 4.81. The molecular weight excluding hydrogens is 362 g/mol. The minimum atomic E-state index is -0.961. The summed E-state index contributed by atoms with van der Waals surface area (Å²) in [5.41, 5.74) is 2.04. The van der Waals surface area contributed by atoms with Gasteiger partial charge in [-0.2, -0.15) is 0 Å². The van der Waals surface area contributed by atoms with Crippen LogP contribution in [0, 0.1) is 11.6 Å². The predicted molar refractivity (Wildman–Crippen MR) is 105 cm³/mol. The van der Waals surface area contributed by atoms with E-state index in [1.807, 2.05) is 12.1 Å². The summed E-state index contributed by atoms with van der Waals surface area (Å²) < 4.78 is 26.5. The average molecular weight is 388 g/mol. The molecular formula is C22H26F2N2O2. The Labute approximate surface area is 164 Å². The van der Waals surface area contributed by atoms with Gasteiger partial charge in [-0.3, -0.25) is 9.59 Å². The predicted octanol–water partition coefficient (Wildman–Crippen LogP) is 4.21. The highest BCUT2D eigenvalue weighted by Gasteiger charge is 2.20. The molecule has 0 saturated heterocycles. The monoisotopic (exact) mass is 388 g/mol. The lowest BCUT2D eigenvalue weighted by atomic mass is 9.87. The minimum absolute atomic E-state index is 0.0103. The molecule has 2 amide bonds. The van der Waals surface area contributed by atoms with Crippen molar-refractivity contribution in [3.8, 4) is 0 Å². The molecule has 0 aliphatic carbocycles. The van der Waals surface area contributed by atoms with Crippen molar-refractivity contribution < 1.29 is 18.4 Å². The molecule has 2 rings (SSSR count). The molecule has 0 bridgehead atoms. The van der Waals surface area contributed by atoms with Crippen LogP contribution in [0.4, 0.5) is 8.78 Å². The van der Waals surface area contributed by atoms with Gasteiger partial charge in [0.15, 0.2) is 11.6 Å². The lowest BCUT2D eigenvalue weighted by molar-refractivity contribution is -0.130. The fourth-order valence-corrected chi connectivity index (χ4v) is 2.72. The molecule has 2 aromatic carbocycles. The zero-order valence-corrected chi connectivity index (χ0v) is 16.8. The van der Waals surface area contributed by atoms with Gasteiger partial charge in [-0.25, -0.2) is 8.78 Å². The van der Waals surface area contributed by atoms with Crippen molar-refractivity contribution in [3.05, 3.63) is 70.8 Å². The maximum absolute atomic E-state index is 13.4. The van der Waals surface area contributed by atoms with E-state index in [1.165, 1.54) is 11.0 Å². The minimum Gasteiger partial charge on any atom is -0.343 e. The lowest BCUT2D eigenvalue weighted by Gasteiger charge is -2.25. The molecule has 0 aromatic heterocycles. The Bertz CT molecular complexity index is 858. The van der Waals surface area contributed by atoms with Crippen LogP contribution in [0.25, 0.3) is 0 Å². The first-order chi connectivity index (χ1) is 13.0. The van der Waals surface area contributed by atoms with Crippen molar-refractivity contribution in [1.82, 2.24) is 10.2 Å². The normalized spacial score (nSPS) is 12.4. The van der Waals surface area contributed by atoms with Crippen molar-refractivity contribution in [2.75, 3.05) is 13.6 Å². The number of likely N-dealkylation sites (N-methyl/N-ethyl adjacent to an activating group) is 1. The third-order valence-corrected chi connectivity index (χ3v) is 4.81. The Hall–Kier alpha value is -2.76. The van der Waals surface area contributed by atoms with E-state index in [2.05, 4.69) is 26.1 Å². The van der Waals surface area contributed by atoms with Gasteiger partial charge in [0.25, 0.3) is 5.91 Å². The van der Waals surface area contributed by atoms with E-state index in [0.717, 1.165) is 17.7 Å². The van der Waals surface area contributed by atoms with Crippen LogP contribution in [0.3, 0.4) is 0 Å². The maximum atomic E-state index is 13.4. The molecule has 0 heterocycles. The summed E-state index contributed by atoms with van der Waals surface area (Å²) in [5, 5.41) is 2.60. The molecule has 0 saturated carbocycles. The Balaban J connectivity index is 1.96. The van der Waals surface area contributed by atoms with Crippen LogP contribution in [-0.2, 0) is 10.2 Å². The van der Waals surface area contributed by atoms with E-state index in [-0.39, 0.29) is 23.8 Å². The van der Waals surface area contributed by atoms with E-state index in [4.69, 9.17) is 0 Å². The number of hydrogen-bond acceptors (Lipinski definition) is 2. The number of nitrogens with one attached hydrogen (secondary N) is 1. The Morgan fingerprint density at radius 2 is 1.64 bits per heavy atom. The van der Waals surface area contributed by atoms with Gasteiger partial charge in [-0.1, -0.05) is 39.0 Å². The lowest BCUT2D eigenvalue weighted by Crippen LogP contribution is -2.39. The summed E-state index contributed by atoms with van der Waals surface area (Å²) in [7, 11) is 1.55. The van der Waals surface area contributed by atoms with Crippen LogP contribution in [0.2, 0.25) is 0 Å². The Morgan fingerprint density at radius 3 is 2.18 bits per heavy atom. The van der Waals surface area contributed by atoms with E-state index in [0.29, 0.717) is 11.1 Å². The smallest absolute Gasteiger partial charge is 0.251 e. The van der Waals surface area contributed by atoms with E-state index >= 15 is 0 Å². The summed E-state index contributed by atoms with van der Waals surface area (Å²) >= 11 is 0. The van der Waals surface area contributed by atoms with Gasteiger partial charge >= 0.3 is 0 Å². The second-order valence-corrected chi connectivity index (χ2v) is 7.86. The van der Waals surface area contributed by atoms with Gasteiger partial charge in [-0.05, 0) is 47.7 Å². The molecule has 0 aliphatic rings. The van der Waals surface area contributed by atoms with Gasteiger partial charge < -0.3 is 10.2 Å². The van der Waals surface area contributed by atoms with E-state index in [9.17, 15) is 18.4 Å². The Morgan fingerprint density at radius 1 is 1.04 bits per heavy atom. The van der Waals surface area contributed by atoms with Crippen LogP contribution in [0.5, 0.6) is 0 Å². The summed E-state index contributed by atoms with van der Waals surface area (Å²) in [6, 6.07) is 10.3. The van der Waals surface area contributed by atoms with Gasteiger partial charge in [0.05, 0.1) is 12.6 Å². The van der Waals surface area contributed by atoms with Crippen molar-refractivity contribution in [2.24, 2.45) is 0 Å². The van der Waals surface area contributed by atoms with Crippen molar-refractivity contribution in [2.45, 2.75) is 39.2 Å². The van der Waals surface area contributed by atoms with Crippen LogP contribution in [0.15, 0.2) is 42.5 Å². The van der Waals surface area contributed by atoms with Crippen molar-refractivity contribution in [1.29, 1.82) is 0 Å². The standard InChI is InChI=1S/C22H26F2N2O2/c1-14(16-8-11-18(23)19(24)12-16)26(5)20(27)13-25-21(28)15-6-9-17(10-7-15)22(2,3)4/h6-12,14H,13H2,1-5H3,(H,25,28). The number of benzene rings is 2. The number of carbonyl (C=O) groups is 2. The topological polar surface area (TPSA) is 49.4 Å². The highest BCUT2D eigenvalue weighted by Crippen LogP contribution is 2.22. The molecule has 1 N–H and O–H groups in total. The molecule has 150 valence electrons. The summed E-state index contributed by atoms with van der Waals surface area (Å²) in [6.45, 7) is 7.78. The quantitative estimate of drug-likeness (QED) is 0.834. The largest absolute Gasteiger partial charge is 0.343 e. The molecule has 2 aromatic rings. The first-order valence-electron chi connectivity index (χ1n) is 9.10. The van der Waals surface area contributed by atoms with Crippen LogP contribution in [0.1, 0.15) is 55.2 Å². The van der Waals surface area contributed by atoms with Crippen molar-refractivity contribution in [3.63, 3.8) is 0 Å². The second-order valence-electron chi connectivity index (χ2n) is 7.86. The first kappa shape index (κ1) is 21.5. The van der Waals surface area contributed by atoms with Crippen LogP contribution < -0.4 is 5.32 Å². The molecule has 1 atom stereocenters. The zero-order valence-electron chi connectivity index (χ0n) is 16.8. The molecule has 4 nitrogen and oxygen atoms in total. The summed E-state index contributed by atoms with van der Waals surface area (Å²) in [4.78, 5) is 26.0. The summed E-state index contributed by atoms with van der Waals surface area (Å²) in [6.07, 6.45) is 0. The fourth-order valence-electron chi connectivity index (χ4n) is 2.72. The number of rotatable bonds is 5. The highest BCUT2D eigenvalue weighted by atomic mass is 19.2. The van der Waals surface area contributed by atoms with Crippen LogP contribution >= 0.6 is 0 Å². The van der Waals surface area contributed by atoms with Gasteiger partial charge in [0, 0.05) is 12.6 Å². The second kappa shape index (κ2) is 8.50. The van der Waals surface area contributed by atoms with Gasteiger partial charge in [-0.15, -0.1) is 0 Å². The molecule has 0 aliphatic heterocycles. The number of nitrogens with zero attached hydrogens (tertiary/aromatic N) is 1. The number of halogens is 2. The number of carbonyl (C=O) groups excluding carboxylic acids is 2. The average Bonchev–Trinajstić information content (AvgIpc) is 2.66. The van der Waals surface area contributed by atoms with E-state index in [1.54, 1.807) is 26.1 Å². The molecule has 0 radical (unpaired) electrons. The SMILES string of the molecule is CC(c1ccc(F)c(F)c1)N(C)C(=O)CNC(=O)c1ccc(C(C)(C)C)cc1. The van der Waals surface area contributed by atoms with Gasteiger partial charge in [0.2, 0.25) is 5.91 Å². The zero-order chi connectivity index (χ0) is 21.1. The molecule has 1 unspecified atom stereocenters. The Kier molecular flexibility index (Phi) is 6.54. The van der Waals surface area contributed by atoms with Gasteiger partial charge in [0.1, 0.15) is 0 Å². The molecule has 0 fully saturated rings. The summed E-state index contributed by atoms with van der Waals surface area (Å²) in [5.74, 6) is -2.58. The molecule has 0 spiro atoms. The first-order valence-corrected chi connectivity index (χ1v) is 9.10. The maximum Gasteiger partial charge on any atom is 0.251 e. The number of amides is 2.